The largest absolute Gasteiger partial charge is 0.501 e. The van der Waals surface area contributed by atoms with Gasteiger partial charge in [-0.05, 0) is 44.6 Å². The molecule has 0 bridgehead atoms. The molecule has 3 rings (SSSR count). The molecule has 1 fully saturated rings. The Bertz CT molecular complexity index is 448. The number of piperidine rings is 1. The first kappa shape index (κ1) is 13.8. The molecule has 1 heterocycles. The first-order valence-corrected chi connectivity index (χ1v) is 8.15. The molecule has 0 N–H and O–H groups in total. The zero-order chi connectivity index (χ0) is 14.1. The second kappa shape index (κ2) is 5.67. The van der Waals surface area contributed by atoms with E-state index in [9.17, 15) is 0 Å². The van der Waals surface area contributed by atoms with Gasteiger partial charge in [0.05, 0.1) is 12.9 Å². The number of fused-ring (bicyclic) bond motifs is 3. The smallest absolute Gasteiger partial charge is 0.0995 e. The van der Waals surface area contributed by atoms with Gasteiger partial charge in [-0.2, -0.15) is 0 Å². The summed E-state index contributed by atoms with van der Waals surface area (Å²) in [5.41, 5.74) is 1.62. The van der Waals surface area contributed by atoms with Crippen LogP contribution in [0.5, 0.6) is 0 Å². The van der Waals surface area contributed by atoms with Gasteiger partial charge >= 0.3 is 0 Å². The first-order valence-electron chi connectivity index (χ1n) is 8.15. The van der Waals surface area contributed by atoms with E-state index < -0.39 is 0 Å². The molecule has 4 atom stereocenters. The number of methoxy groups -OCH3 is 1. The minimum absolute atomic E-state index is 0.565. The lowest BCUT2D eigenvalue weighted by Gasteiger charge is -2.48. The normalized spacial score (nSPS) is 35.9. The van der Waals surface area contributed by atoms with Gasteiger partial charge in [0.2, 0.25) is 0 Å². The molecule has 2 heteroatoms. The highest BCUT2D eigenvalue weighted by atomic mass is 16.5. The van der Waals surface area contributed by atoms with Gasteiger partial charge in [-0.1, -0.05) is 25.2 Å². The van der Waals surface area contributed by atoms with E-state index in [1.54, 1.807) is 5.70 Å². The standard InChI is InChI=1S/C18H27NO/c1-4-12-19-13(2)8-9-15-14-6-5-7-18(20-3)16(14)10-11-17(15)19/h5-7,11,13-16H,4,8-10,12H2,1-3H3/t13?,14?,15-,16?/m0/s1. The SMILES string of the molecule is CCCN1C2=CCC3C(OC)=CC=CC3[C@@H]2CCC1C. The molecule has 3 aliphatic rings. The van der Waals surface area contributed by atoms with Gasteiger partial charge in [-0.25, -0.2) is 0 Å². The Labute approximate surface area is 123 Å². The maximum Gasteiger partial charge on any atom is 0.0995 e. The molecule has 0 aromatic rings. The number of allylic oxidation sites excluding steroid dienone is 6. The van der Waals surface area contributed by atoms with Crippen LogP contribution in [0, 0.1) is 17.8 Å². The summed E-state index contributed by atoms with van der Waals surface area (Å²) in [7, 11) is 1.81. The third-order valence-corrected chi connectivity index (χ3v) is 5.31. The summed E-state index contributed by atoms with van der Waals surface area (Å²) in [5.74, 6) is 3.08. The van der Waals surface area contributed by atoms with Crippen molar-refractivity contribution in [2.45, 2.75) is 45.6 Å². The molecule has 0 aromatic heterocycles. The van der Waals surface area contributed by atoms with Crippen molar-refractivity contribution in [1.29, 1.82) is 0 Å². The van der Waals surface area contributed by atoms with Crippen LogP contribution >= 0.6 is 0 Å². The van der Waals surface area contributed by atoms with Gasteiger partial charge in [0.25, 0.3) is 0 Å². The fraction of sp³-hybridized carbons (Fsp3) is 0.667. The van der Waals surface area contributed by atoms with E-state index in [2.05, 4.69) is 43.1 Å². The molecule has 0 spiro atoms. The van der Waals surface area contributed by atoms with E-state index in [1.165, 1.54) is 31.6 Å². The zero-order valence-electron chi connectivity index (χ0n) is 13.0. The molecule has 3 unspecified atom stereocenters. The van der Waals surface area contributed by atoms with Gasteiger partial charge in [0, 0.05) is 30.1 Å². The van der Waals surface area contributed by atoms with Crippen LogP contribution in [0.4, 0.5) is 0 Å². The first-order chi connectivity index (χ1) is 9.76. The Morgan fingerprint density at radius 1 is 1.30 bits per heavy atom. The quantitative estimate of drug-likeness (QED) is 0.767. The lowest BCUT2D eigenvalue weighted by atomic mass is 9.67. The number of rotatable bonds is 3. The van der Waals surface area contributed by atoms with Crippen LogP contribution in [0.2, 0.25) is 0 Å². The van der Waals surface area contributed by atoms with Crippen molar-refractivity contribution in [3.05, 3.63) is 35.8 Å². The van der Waals surface area contributed by atoms with Crippen molar-refractivity contribution < 1.29 is 4.74 Å². The lowest BCUT2D eigenvalue weighted by molar-refractivity contribution is 0.112. The van der Waals surface area contributed by atoms with Crippen LogP contribution in [0.25, 0.3) is 0 Å². The molecule has 2 aliphatic carbocycles. The lowest BCUT2D eigenvalue weighted by Crippen LogP contribution is -2.45. The molecular formula is C18H27NO. The summed E-state index contributed by atoms with van der Waals surface area (Å²) < 4.78 is 5.60. The maximum absolute atomic E-state index is 5.60. The van der Waals surface area contributed by atoms with Gasteiger partial charge < -0.3 is 9.64 Å². The molecule has 0 saturated carbocycles. The number of likely N-dealkylation sites (tertiary alicyclic amines) is 1. The Hall–Kier alpha value is -1.18. The van der Waals surface area contributed by atoms with Gasteiger partial charge in [0.1, 0.15) is 0 Å². The van der Waals surface area contributed by atoms with Crippen molar-refractivity contribution in [3.63, 3.8) is 0 Å². The van der Waals surface area contributed by atoms with E-state index in [0.717, 1.165) is 6.42 Å². The number of hydrogen-bond acceptors (Lipinski definition) is 2. The summed E-state index contributed by atoms with van der Waals surface area (Å²) in [6.45, 7) is 5.88. The van der Waals surface area contributed by atoms with Crippen LogP contribution in [-0.2, 0) is 4.74 Å². The van der Waals surface area contributed by atoms with E-state index in [4.69, 9.17) is 4.74 Å². The molecule has 20 heavy (non-hydrogen) atoms. The van der Waals surface area contributed by atoms with Crippen molar-refractivity contribution in [2.75, 3.05) is 13.7 Å². The van der Waals surface area contributed by atoms with Gasteiger partial charge in [0.15, 0.2) is 0 Å². The maximum atomic E-state index is 5.60. The van der Waals surface area contributed by atoms with Crippen LogP contribution in [0.15, 0.2) is 35.8 Å². The van der Waals surface area contributed by atoms with Crippen molar-refractivity contribution in [2.24, 2.45) is 17.8 Å². The summed E-state index contributed by atoms with van der Waals surface area (Å²) in [6.07, 6.45) is 14.3. The zero-order valence-corrected chi connectivity index (χ0v) is 13.0. The fourth-order valence-electron chi connectivity index (χ4n) is 4.32. The van der Waals surface area contributed by atoms with Gasteiger partial charge in [-0.15, -0.1) is 0 Å². The Morgan fingerprint density at radius 3 is 2.90 bits per heavy atom. The van der Waals surface area contributed by atoms with Crippen molar-refractivity contribution >= 4 is 0 Å². The third kappa shape index (κ3) is 2.19. The summed E-state index contributed by atoms with van der Waals surface area (Å²) in [5, 5.41) is 0. The average molecular weight is 273 g/mol. The van der Waals surface area contributed by atoms with Crippen LogP contribution in [0.1, 0.15) is 39.5 Å². The van der Waals surface area contributed by atoms with Crippen molar-refractivity contribution in [1.82, 2.24) is 4.90 Å². The molecule has 0 amide bonds. The highest BCUT2D eigenvalue weighted by Gasteiger charge is 2.41. The Balaban J connectivity index is 1.88. The monoisotopic (exact) mass is 273 g/mol. The van der Waals surface area contributed by atoms with E-state index in [-0.39, 0.29) is 0 Å². The molecule has 110 valence electrons. The molecular weight excluding hydrogens is 246 g/mol. The predicted molar refractivity (Wildman–Crippen MR) is 83.1 cm³/mol. The second-order valence-corrected chi connectivity index (χ2v) is 6.43. The Kier molecular flexibility index (Phi) is 3.91. The molecule has 1 aliphatic heterocycles. The van der Waals surface area contributed by atoms with E-state index >= 15 is 0 Å². The summed E-state index contributed by atoms with van der Waals surface area (Å²) in [4.78, 5) is 2.67. The second-order valence-electron chi connectivity index (χ2n) is 6.43. The fourth-order valence-corrected chi connectivity index (χ4v) is 4.32. The number of nitrogens with zero attached hydrogens (tertiary/aromatic N) is 1. The minimum Gasteiger partial charge on any atom is -0.501 e. The molecule has 2 nitrogen and oxygen atoms in total. The highest BCUT2D eigenvalue weighted by Crippen LogP contribution is 2.47. The highest BCUT2D eigenvalue weighted by molar-refractivity contribution is 5.28. The minimum atomic E-state index is 0.565. The van der Waals surface area contributed by atoms with E-state index in [0.29, 0.717) is 23.8 Å². The van der Waals surface area contributed by atoms with Crippen molar-refractivity contribution in [3.8, 4) is 0 Å². The average Bonchev–Trinajstić information content (AvgIpc) is 2.49. The van der Waals surface area contributed by atoms with E-state index in [1.807, 2.05) is 7.11 Å². The topological polar surface area (TPSA) is 12.5 Å². The summed E-state index contributed by atoms with van der Waals surface area (Å²) in [6, 6.07) is 0.707. The number of ether oxygens (including phenoxy) is 1. The van der Waals surface area contributed by atoms with Crippen LogP contribution < -0.4 is 0 Å². The van der Waals surface area contributed by atoms with Gasteiger partial charge in [-0.3, -0.25) is 0 Å². The number of hydrogen-bond donors (Lipinski definition) is 0. The molecule has 0 radical (unpaired) electrons. The predicted octanol–water partition coefficient (Wildman–Crippen LogP) is 4.12. The summed E-state index contributed by atoms with van der Waals surface area (Å²) >= 11 is 0. The molecule has 1 saturated heterocycles. The molecule has 0 aromatic carbocycles. The Morgan fingerprint density at radius 2 is 2.15 bits per heavy atom. The van der Waals surface area contributed by atoms with Crippen LogP contribution in [-0.4, -0.2) is 24.6 Å². The van der Waals surface area contributed by atoms with Crippen LogP contribution in [0.3, 0.4) is 0 Å². The third-order valence-electron chi connectivity index (χ3n) is 5.31.